The Morgan fingerprint density at radius 2 is 1.32 bits per heavy atom. The second kappa shape index (κ2) is 11.4. The van der Waals surface area contributed by atoms with Crippen molar-refractivity contribution < 1.29 is 0 Å². The van der Waals surface area contributed by atoms with Crippen molar-refractivity contribution in [2.24, 2.45) is 0 Å². The van der Waals surface area contributed by atoms with Crippen LogP contribution >= 0.6 is 0 Å². The molecule has 0 aliphatic carbocycles. The molecule has 4 nitrogen and oxygen atoms in total. The molecule has 0 radical (unpaired) electrons. The first-order chi connectivity index (χ1) is 19.7. The Hall–Kier alpha value is -4.41. The summed E-state index contributed by atoms with van der Waals surface area (Å²) in [6.45, 7) is 5.31. The molecule has 2 heterocycles. The Labute approximate surface area is 236 Å². The lowest BCUT2D eigenvalue weighted by Gasteiger charge is -2.37. The van der Waals surface area contributed by atoms with Crippen molar-refractivity contribution >= 4 is 10.9 Å². The Morgan fingerprint density at radius 1 is 0.775 bits per heavy atom. The van der Waals surface area contributed by atoms with Crippen LogP contribution in [-0.4, -0.2) is 21.1 Å². The van der Waals surface area contributed by atoms with Crippen molar-refractivity contribution in [2.75, 3.05) is 6.54 Å². The number of H-pyrrole nitrogens is 1. The third kappa shape index (κ3) is 4.65. The van der Waals surface area contributed by atoms with Crippen LogP contribution in [-0.2, 0) is 12.0 Å². The summed E-state index contributed by atoms with van der Waals surface area (Å²) in [6, 6.07) is 41.0. The molecule has 6 aromatic rings. The fourth-order valence-corrected chi connectivity index (χ4v) is 6.10. The van der Waals surface area contributed by atoms with Crippen molar-refractivity contribution in [1.29, 1.82) is 0 Å². The molecule has 2 aromatic heterocycles. The number of hydrogen-bond acceptors (Lipinski definition) is 2. The van der Waals surface area contributed by atoms with Crippen LogP contribution in [0.1, 0.15) is 53.0 Å². The van der Waals surface area contributed by atoms with Gasteiger partial charge in [-0.2, -0.15) is 0 Å². The molecule has 0 saturated carbocycles. The average Bonchev–Trinajstić information content (AvgIpc) is 3.63. The predicted octanol–water partition coefficient (Wildman–Crippen LogP) is 7.80. The van der Waals surface area contributed by atoms with E-state index in [1.54, 1.807) is 0 Å². The molecule has 1 unspecified atom stereocenters. The van der Waals surface area contributed by atoms with Crippen LogP contribution in [0.3, 0.4) is 0 Å². The molecule has 0 amide bonds. The monoisotopic (exact) mass is 524 g/mol. The zero-order valence-electron chi connectivity index (χ0n) is 23.2. The van der Waals surface area contributed by atoms with Crippen LogP contribution in [0.2, 0.25) is 0 Å². The molecule has 0 spiro atoms. The maximum atomic E-state index is 5.00. The fourth-order valence-electron chi connectivity index (χ4n) is 6.10. The highest BCUT2D eigenvalue weighted by Gasteiger charge is 2.38. The number of nitrogens with one attached hydrogen (secondary N) is 2. The number of imidazole rings is 1. The normalized spacial score (nSPS) is 12.6. The molecule has 4 heteroatoms. The van der Waals surface area contributed by atoms with E-state index in [0.717, 1.165) is 25.1 Å². The topological polar surface area (TPSA) is 45.6 Å². The molecule has 1 atom stereocenters. The molecular weight excluding hydrogens is 488 g/mol. The summed E-state index contributed by atoms with van der Waals surface area (Å²) in [5.41, 5.74) is 7.96. The maximum absolute atomic E-state index is 5.00. The summed E-state index contributed by atoms with van der Waals surface area (Å²) < 4.78 is 2.30. The van der Waals surface area contributed by atoms with E-state index in [-0.39, 0.29) is 6.04 Å². The van der Waals surface area contributed by atoms with Gasteiger partial charge in [0.25, 0.3) is 0 Å². The van der Waals surface area contributed by atoms with Gasteiger partial charge in [-0.05, 0) is 41.7 Å². The molecule has 200 valence electrons. The zero-order chi connectivity index (χ0) is 27.4. The highest BCUT2D eigenvalue weighted by Crippen LogP contribution is 2.41. The van der Waals surface area contributed by atoms with Crippen molar-refractivity contribution in [3.8, 4) is 0 Å². The van der Waals surface area contributed by atoms with Gasteiger partial charge in [0.2, 0.25) is 0 Å². The standard InChI is InChI=1S/C36H36N4/c1-3-32(37-24-23-33-27(2)31-21-13-14-22-34(31)39-33)35-25-40(26-38-35)36(28-15-7-4-8-16-28,29-17-9-5-10-18-29)30-19-11-6-12-20-30/h4-22,25-26,32,37,39H,3,23-24H2,1-2H3. The average molecular weight is 525 g/mol. The van der Waals surface area contributed by atoms with Gasteiger partial charge in [-0.25, -0.2) is 4.98 Å². The summed E-state index contributed by atoms with van der Waals surface area (Å²) in [5.74, 6) is 0. The van der Waals surface area contributed by atoms with Gasteiger partial charge in [0.05, 0.1) is 18.1 Å². The number of aromatic nitrogens is 3. The highest BCUT2D eigenvalue weighted by atomic mass is 15.1. The Bertz CT molecular complexity index is 1570. The van der Waals surface area contributed by atoms with E-state index in [4.69, 9.17) is 4.98 Å². The van der Waals surface area contributed by atoms with Crippen LogP contribution in [0.5, 0.6) is 0 Å². The van der Waals surface area contributed by atoms with E-state index < -0.39 is 5.54 Å². The lowest BCUT2D eigenvalue weighted by molar-refractivity contribution is 0.500. The summed E-state index contributed by atoms with van der Waals surface area (Å²) in [4.78, 5) is 8.61. The molecular formula is C36H36N4. The molecule has 2 N–H and O–H groups in total. The Balaban J connectivity index is 1.34. The van der Waals surface area contributed by atoms with E-state index in [1.807, 2.05) is 6.33 Å². The minimum absolute atomic E-state index is 0.158. The smallest absolute Gasteiger partial charge is 0.121 e. The van der Waals surface area contributed by atoms with E-state index in [2.05, 4.69) is 150 Å². The third-order valence-electron chi connectivity index (χ3n) is 8.16. The molecule has 40 heavy (non-hydrogen) atoms. The summed E-state index contributed by atoms with van der Waals surface area (Å²) in [6.07, 6.45) is 6.15. The van der Waals surface area contributed by atoms with Crippen LogP contribution in [0.4, 0.5) is 0 Å². The number of aryl methyl sites for hydroxylation is 1. The molecule has 0 aliphatic rings. The van der Waals surface area contributed by atoms with Crippen LogP contribution in [0.25, 0.3) is 10.9 Å². The third-order valence-corrected chi connectivity index (χ3v) is 8.16. The van der Waals surface area contributed by atoms with Crippen molar-refractivity contribution in [1.82, 2.24) is 19.9 Å². The van der Waals surface area contributed by atoms with Crippen molar-refractivity contribution in [3.05, 3.63) is 161 Å². The van der Waals surface area contributed by atoms with E-state index in [0.29, 0.717) is 0 Å². The van der Waals surface area contributed by atoms with Gasteiger partial charge in [-0.1, -0.05) is 116 Å². The van der Waals surface area contributed by atoms with Crippen molar-refractivity contribution in [3.63, 3.8) is 0 Å². The quantitative estimate of drug-likeness (QED) is 0.180. The van der Waals surface area contributed by atoms with Crippen LogP contribution in [0, 0.1) is 6.92 Å². The van der Waals surface area contributed by atoms with E-state index in [1.165, 1.54) is 38.9 Å². The minimum atomic E-state index is -0.547. The summed E-state index contributed by atoms with van der Waals surface area (Å²) in [7, 11) is 0. The molecule has 0 aliphatic heterocycles. The maximum Gasteiger partial charge on any atom is 0.121 e. The minimum Gasteiger partial charge on any atom is -0.358 e. The molecule has 4 aromatic carbocycles. The van der Waals surface area contributed by atoms with Gasteiger partial charge in [-0.15, -0.1) is 0 Å². The lowest BCUT2D eigenvalue weighted by atomic mass is 9.77. The lowest BCUT2D eigenvalue weighted by Crippen LogP contribution is -2.37. The summed E-state index contributed by atoms with van der Waals surface area (Å²) >= 11 is 0. The highest BCUT2D eigenvalue weighted by molar-refractivity contribution is 5.84. The van der Waals surface area contributed by atoms with Gasteiger partial charge in [-0.3, -0.25) is 0 Å². The van der Waals surface area contributed by atoms with Gasteiger partial charge in [0.1, 0.15) is 5.54 Å². The molecule has 0 fully saturated rings. The second-order valence-electron chi connectivity index (χ2n) is 10.5. The number of fused-ring (bicyclic) bond motifs is 1. The van der Waals surface area contributed by atoms with Gasteiger partial charge in [0, 0.05) is 35.8 Å². The number of nitrogens with zero attached hydrogens (tertiary/aromatic N) is 2. The largest absolute Gasteiger partial charge is 0.358 e. The zero-order valence-corrected chi connectivity index (χ0v) is 23.2. The Kier molecular flexibility index (Phi) is 7.35. The van der Waals surface area contributed by atoms with Gasteiger partial charge < -0.3 is 14.9 Å². The van der Waals surface area contributed by atoms with E-state index >= 15 is 0 Å². The SMILES string of the molecule is CCC(NCCc1[nH]c2ccccc2c1C)c1cn(C(c2ccccc2)(c2ccccc2)c2ccccc2)cn1. The molecule has 6 rings (SSSR count). The second-order valence-corrected chi connectivity index (χ2v) is 10.5. The number of aromatic amines is 1. The first-order valence-corrected chi connectivity index (χ1v) is 14.2. The first-order valence-electron chi connectivity index (χ1n) is 14.2. The van der Waals surface area contributed by atoms with Gasteiger partial charge in [0.15, 0.2) is 0 Å². The van der Waals surface area contributed by atoms with Gasteiger partial charge >= 0.3 is 0 Å². The predicted molar refractivity (Wildman–Crippen MR) is 165 cm³/mol. The number of benzene rings is 4. The number of hydrogen-bond donors (Lipinski definition) is 2. The van der Waals surface area contributed by atoms with Crippen LogP contribution in [0.15, 0.2) is 128 Å². The van der Waals surface area contributed by atoms with Crippen LogP contribution < -0.4 is 5.32 Å². The first kappa shape index (κ1) is 25.8. The molecule has 0 bridgehead atoms. The van der Waals surface area contributed by atoms with E-state index in [9.17, 15) is 0 Å². The fraction of sp³-hybridized carbons (Fsp3) is 0.194. The number of rotatable bonds is 10. The van der Waals surface area contributed by atoms with Crippen molar-refractivity contribution in [2.45, 2.75) is 38.3 Å². The summed E-state index contributed by atoms with van der Waals surface area (Å²) in [5, 5.41) is 5.10. The number of para-hydroxylation sites is 1. The Morgan fingerprint density at radius 3 is 1.88 bits per heavy atom. The molecule has 0 saturated heterocycles.